The lowest BCUT2D eigenvalue weighted by Gasteiger charge is -2.48. The first-order chi connectivity index (χ1) is 15.7. The van der Waals surface area contributed by atoms with E-state index in [0.717, 1.165) is 35.2 Å². The normalized spacial score (nSPS) is 26.9. The Balaban J connectivity index is 1.51. The Morgan fingerprint density at radius 1 is 1.06 bits per heavy atom. The van der Waals surface area contributed by atoms with Crippen LogP contribution in [0.25, 0.3) is 10.8 Å². The van der Waals surface area contributed by atoms with Crippen molar-refractivity contribution in [2.45, 2.75) is 63.5 Å². The van der Waals surface area contributed by atoms with Crippen LogP contribution in [0, 0.1) is 5.92 Å². The summed E-state index contributed by atoms with van der Waals surface area (Å²) in [4.78, 5) is 12.0. The van der Waals surface area contributed by atoms with E-state index in [2.05, 4.69) is 66.3 Å². The predicted molar refractivity (Wildman–Crippen MR) is 131 cm³/mol. The van der Waals surface area contributed by atoms with Crippen molar-refractivity contribution >= 4 is 28.4 Å². The van der Waals surface area contributed by atoms with Crippen LogP contribution in [0.5, 0.6) is 5.75 Å². The Labute approximate surface area is 190 Å². The molecule has 3 heterocycles. The molecular weight excluding hydrogens is 394 g/mol. The van der Waals surface area contributed by atoms with Gasteiger partial charge in [0.05, 0.1) is 11.6 Å². The first-order valence-electron chi connectivity index (χ1n) is 12.1. The lowest BCUT2D eigenvalue weighted by molar-refractivity contribution is 0.0620. The first-order valence-corrected chi connectivity index (χ1v) is 12.1. The quantitative estimate of drug-likeness (QED) is 0.463. The second-order valence-corrected chi connectivity index (χ2v) is 9.88. The van der Waals surface area contributed by atoms with E-state index in [1.54, 1.807) is 0 Å². The molecule has 2 aromatic carbocycles. The molecule has 164 valence electrons. The monoisotopic (exact) mass is 425 g/mol. The van der Waals surface area contributed by atoms with E-state index in [4.69, 9.17) is 9.73 Å². The lowest BCUT2D eigenvalue weighted by atomic mass is 9.73. The maximum absolute atomic E-state index is 7.08. The number of ether oxygens (including phenoxy) is 1. The van der Waals surface area contributed by atoms with Gasteiger partial charge in [-0.15, -0.1) is 0 Å². The predicted octanol–water partition coefficient (Wildman–Crippen LogP) is 6.79. The number of pyridine rings is 1. The van der Waals surface area contributed by atoms with Gasteiger partial charge in [-0.2, -0.15) is 0 Å². The summed E-state index contributed by atoms with van der Waals surface area (Å²) in [6.07, 6.45) is 13.5. The molecule has 1 aromatic heterocycles. The summed E-state index contributed by atoms with van der Waals surface area (Å²) in [6, 6.07) is 15.1. The topological polar surface area (TPSA) is 37.7 Å². The van der Waals surface area contributed by atoms with Gasteiger partial charge in [-0.3, -0.25) is 9.98 Å². The number of anilines is 1. The summed E-state index contributed by atoms with van der Waals surface area (Å²) in [5.74, 6) is 1.56. The fraction of sp³-hybridized carbons (Fsp3) is 0.429. The standard InChI is InChI=1S/C28H31N3O/c1-3-27(2)23-11-7-8-12-24(23)31(18-20-9-5-4-6-10-20)28(27)19-30-26-22-17-29-16-15-21(22)13-14-25(26)32-28/h7-8,11-17,19-20H,3-6,9-10,18H2,1-2H3. The number of rotatable bonds is 3. The molecule has 2 unspecified atom stereocenters. The number of hydrogen-bond acceptors (Lipinski definition) is 4. The Morgan fingerprint density at radius 3 is 2.75 bits per heavy atom. The van der Waals surface area contributed by atoms with E-state index in [1.165, 1.54) is 43.4 Å². The molecule has 1 spiro atoms. The van der Waals surface area contributed by atoms with Gasteiger partial charge < -0.3 is 9.64 Å². The number of nitrogens with zero attached hydrogens (tertiary/aromatic N) is 3. The van der Waals surface area contributed by atoms with Crippen molar-refractivity contribution < 1.29 is 4.74 Å². The van der Waals surface area contributed by atoms with E-state index in [-0.39, 0.29) is 5.41 Å². The Hall–Kier alpha value is -2.88. The molecule has 6 rings (SSSR count). The zero-order valence-corrected chi connectivity index (χ0v) is 19.1. The molecule has 2 atom stereocenters. The summed E-state index contributed by atoms with van der Waals surface area (Å²) in [6.45, 7) is 5.65. The third kappa shape index (κ3) is 2.68. The zero-order valence-electron chi connectivity index (χ0n) is 19.1. The van der Waals surface area contributed by atoms with Crippen molar-refractivity contribution in [2.24, 2.45) is 10.9 Å². The van der Waals surface area contributed by atoms with Crippen LogP contribution in [-0.4, -0.2) is 23.5 Å². The van der Waals surface area contributed by atoms with Gasteiger partial charge in [-0.05, 0) is 61.3 Å². The maximum Gasteiger partial charge on any atom is 0.229 e. The van der Waals surface area contributed by atoms with Gasteiger partial charge in [0.1, 0.15) is 11.4 Å². The largest absolute Gasteiger partial charge is 0.459 e. The van der Waals surface area contributed by atoms with Crippen molar-refractivity contribution in [2.75, 3.05) is 11.4 Å². The smallest absolute Gasteiger partial charge is 0.229 e. The van der Waals surface area contributed by atoms with Gasteiger partial charge in [0.15, 0.2) is 0 Å². The Morgan fingerprint density at radius 2 is 1.91 bits per heavy atom. The summed E-state index contributed by atoms with van der Waals surface area (Å²) >= 11 is 0. The van der Waals surface area contributed by atoms with Gasteiger partial charge >= 0.3 is 0 Å². The number of fused-ring (bicyclic) bond motifs is 4. The first kappa shape index (κ1) is 19.8. The molecule has 4 heteroatoms. The SMILES string of the molecule is CCC1(C)c2ccccc2N(CC2CCCCC2)C12C=Nc1c(ccc3ccncc13)O2. The fourth-order valence-corrected chi connectivity index (χ4v) is 6.22. The molecule has 0 bridgehead atoms. The number of para-hydroxylation sites is 1. The van der Waals surface area contributed by atoms with E-state index in [1.807, 2.05) is 18.5 Å². The average Bonchev–Trinajstić information content (AvgIpc) is 3.04. The molecular formula is C28H31N3O. The molecule has 1 saturated carbocycles. The highest BCUT2D eigenvalue weighted by Gasteiger charge is 2.61. The third-order valence-corrected chi connectivity index (χ3v) is 8.25. The van der Waals surface area contributed by atoms with Crippen molar-refractivity contribution in [1.82, 2.24) is 4.98 Å². The average molecular weight is 426 g/mol. The number of benzene rings is 2. The maximum atomic E-state index is 7.08. The molecule has 1 aliphatic carbocycles. The molecule has 3 aromatic rings. The van der Waals surface area contributed by atoms with E-state index in [9.17, 15) is 0 Å². The molecule has 2 aliphatic heterocycles. The minimum absolute atomic E-state index is 0.191. The molecule has 0 saturated heterocycles. The van der Waals surface area contributed by atoms with Gasteiger partial charge in [-0.25, -0.2) is 0 Å². The van der Waals surface area contributed by atoms with Gasteiger partial charge in [0.25, 0.3) is 0 Å². The second kappa shape index (κ2) is 7.33. The molecule has 0 radical (unpaired) electrons. The van der Waals surface area contributed by atoms with Gasteiger partial charge in [-0.1, -0.05) is 50.5 Å². The van der Waals surface area contributed by atoms with Crippen LogP contribution in [0.4, 0.5) is 11.4 Å². The van der Waals surface area contributed by atoms with Crippen molar-refractivity contribution in [3.05, 3.63) is 60.4 Å². The minimum Gasteiger partial charge on any atom is -0.459 e. The molecule has 32 heavy (non-hydrogen) atoms. The zero-order chi connectivity index (χ0) is 21.8. The van der Waals surface area contributed by atoms with Crippen LogP contribution in [0.15, 0.2) is 59.9 Å². The summed E-state index contributed by atoms with van der Waals surface area (Å²) in [7, 11) is 0. The fourth-order valence-electron chi connectivity index (χ4n) is 6.22. The summed E-state index contributed by atoms with van der Waals surface area (Å²) in [5, 5.41) is 2.19. The van der Waals surface area contributed by atoms with E-state index in [0.29, 0.717) is 5.92 Å². The van der Waals surface area contributed by atoms with Gasteiger partial charge in [0.2, 0.25) is 5.72 Å². The highest BCUT2D eigenvalue weighted by Crippen LogP contribution is 2.56. The van der Waals surface area contributed by atoms with E-state index >= 15 is 0 Å². The van der Waals surface area contributed by atoms with Crippen molar-refractivity contribution in [1.29, 1.82) is 0 Å². The molecule has 1 fully saturated rings. The minimum atomic E-state index is -0.619. The van der Waals surface area contributed by atoms with Crippen molar-refractivity contribution in [3.8, 4) is 5.75 Å². The van der Waals surface area contributed by atoms with Gasteiger partial charge in [0, 0.05) is 30.0 Å². The second-order valence-electron chi connectivity index (χ2n) is 9.88. The Kier molecular flexibility index (Phi) is 4.53. The Bertz CT molecular complexity index is 1200. The van der Waals surface area contributed by atoms with Crippen LogP contribution in [-0.2, 0) is 5.41 Å². The molecule has 0 amide bonds. The molecule has 3 aliphatic rings. The van der Waals surface area contributed by atoms with Crippen LogP contribution in [0.3, 0.4) is 0 Å². The number of aromatic nitrogens is 1. The van der Waals surface area contributed by atoms with E-state index < -0.39 is 5.72 Å². The van der Waals surface area contributed by atoms with Crippen LogP contribution >= 0.6 is 0 Å². The third-order valence-electron chi connectivity index (χ3n) is 8.25. The number of hydrogen-bond donors (Lipinski definition) is 0. The highest BCUT2D eigenvalue weighted by atomic mass is 16.5. The van der Waals surface area contributed by atoms with Crippen LogP contribution < -0.4 is 9.64 Å². The van der Waals surface area contributed by atoms with Crippen LogP contribution in [0.1, 0.15) is 57.9 Å². The summed E-state index contributed by atoms with van der Waals surface area (Å²) in [5.41, 5.74) is 2.76. The number of aliphatic imine (C=N–C) groups is 1. The lowest BCUT2D eigenvalue weighted by Crippen LogP contribution is -2.63. The highest BCUT2D eigenvalue weighted by molar-refractivity contribution is 5.99. The molecule has 4 nitrogen and oxygen atoms in total. The van der Waals surface area contributed by atoms with Crippen LogP contribution in [0.2, 0.25) is 0 Å². The van der Waals surface area contributed by atoms with Crippen molar-refractivity contribution in [3.63, 3.8) is 0 Å². The summed E-state index contributed by atoms with van der Waals surface area (Å²) < 4.78 is 7.08. The molecule has 0 N–H and O–H groups in total.